The molecule has 0 spiro atoms. The number of amides is 1. The van der Waals surface area contributed by atoms with Crippen molar-refractivity contribution in [1.82, 2.24) is 19.7 Å². The summed E-state index contributed by atoms with van der Waals surface area (Å²) in [4.78, 5) is 15.2. The average molecular weight is 322 g/mol. The SMILES string of the molecule is Cc1nccn1-c1ccc([C@@H](C)Nc2ccc(C(N)=O)nn2)cc1. The van der Waals surface area contributed by atoms with E-state index >= 15 is 0 Å². The summed E-state index contributed by atoms with van der Waals surface area (Å²) in [6.45, 7) is 3.99. The summed E-state index contributed by atoms with van der Waals surface area (Å²) in [6, 6.07) is 11.5. The molecule has 122 valence electrons. The molecule has 0 aliphatic rings. The van der Waals surface area contributed by atoms with Crippen molar-refractivity contribution in [3.8, 4) is 5.69 Å². The van der Waals surface area contributed by atoms with Gasteiger partial charge in [0.1, 0.15) is 11.6 Å². The number of nitrogens with two attached hydrogens (primary N) is 1. The molecule has 0 aliphatic carbocycles. The normalized spacial score (nSPS) is 11.9. The van der Waals surface area contributed by atoms with Crippen LogP contribution in [0.2, 0.25) is 0 Å². The lowest BCUT2D eigenvalue weighted by molar-refractivity contribution is 0.0994. The molecule has 7 nitrogen and oxygen atoms in total. The Hall–Kier alpha value is -3.22. The number of aromatic nitrogens is 4. The van der Waals surface area contributed by atoms with Gasteiger partial charge in [-0.25, -0.2) is 4.98 Å². The Kier molecular flexibility index (Phi) is 4.24. The minimum atomic E-state index is -0.590. The zero-order chi connectivity index (χ0) is 17.1. The van der Waals surface area contributed by atoms with E-state index in [2.05, 4.69) is 32.6 Å². The highest BCUT2D eigenvalue weighted by molar-refractivity contribution is 5.90. The van der Waals surface area contributed by atoms with Gasteiger partial charge in [0.2, 0.25) is 0 Å². The first-order valence-electron chi connectivity index (χ1n) is 7.55. The van der Waals surface area contributed by atoms with E-state index in [0.29, 0.717) is 5.82 Å². The molecular weight excluding hydrogens is 304 g/mol. The molecule has 2 aromatic heterocycles. The van der Waals surface area contributed by atoms with Crippen molar-refractivity contribution < 1.29 is 4.79 Å². The monoisotopic (exact) mass is 322 g/mol. The van der Waals surface area contributed by atoms with Gasteiger partial charge in [0.05, 0.1) is 6.04 Å². The Balaban J connectivity index is 1.72. The summed E-state index contributed by atoms with van der Waals surface area (Å²) in [5, 5.41) is 11.0. The maximum atomic E-state index is 11.0. The molecule has 7 heteroatoms. The summed E-state index contributed by atoms with van der Waals surface area (Å²) in [5.41, 5.74) is 7.47. The van der Waals surface area contributed by atoms with Gasteiger partial charge < -0.3 is 15.6 Å². The second-order valence-corrected chi connectivity index (χ2v) is 5.47. The molecule has 0 fully saturated rings. The van der Waals surface area contributed by atoms with Gasteiger partial charge in [-0.2, -0.15) is 0 Å². The average Bonchev–Trinajstić information content (AvgIpc) is 3.01. The van der Waals surface area contributed by atoms with Crippen molar-refractivity contribution in [3.63, 3.8) is 0 Å². The number of benzene rings is 1. The van der Waals surface area contributed by atoms with E-state index in [1.165, 1.54) is 0 Å². The Labute approximate surface area is 139 Å². The molecular formula is C17H18N6O. The smallest absolute Gasteiger partial charge is 0.269 e. The standard InChI is InChI=1S/C17H18N6O/c1-11(20-16-8-7-15(17(18)24)21-22-16)13-3-5-14(6-4-13)23-10-9-19-12(23)2/h3-11H,1-2H3,(H2,18,24)(H,20,22)/t11-/m1/s1. The molecule has 3 N–H and O–H groups in total. The molecule has 24 heavy (non-hydrogen) atoms. The van der Waals surface area contributed by atoms with Crippen LogP contribution in [-0.4, -0.2) is 25.7 Å². The van der Waals surface area contributed by atoms with E-state index in [1.54, 1.807) is 18.3 Å². The minimum Gasteiger partial charge on any atom is -0.364 e. The summed E-state index contributed by atoms with van der Waals surface area (Å²) in [6.07, 6.45) is 3.71. The quantitative estimate of drug-likeness (QED) is 0.750. The Morgan fingerprint density at radius 3 is 2.46 bits per heavy atom. The zero-order valence-electron chi connectivity index (χ0n) is 13.5. The van der Waals surface area contributed by atoms with Crippen LogP contribution >= 0.6 is 0 Å². The van der Waals surface area contributed by atoms with Crippen LogP contribution in [0.4, 0.5) is 5.82 Å². The fourth-order valence-electron chi connectivity index (χ4n) is 2.42. The number of carbonyl (C=O) groups excluding carboxylic acids is 1. The fraction of sp³-hybridized carbons (Fsp3) is 0.176. The van der Waals surface area contributed by atoms with E-state index in [9.17, 15) is 4.79 Å². The van der Waals surface area contributed by atoms with E-state index in [0.717, 1.165) is 17.1 Å². The van der Waals surface area contributed by atoms with Crippen molar-refractivity contribution in [1.29, 1.82) is 0 Å². The molecule has 0 saturated heterocycles. The van der Waals surface area contributed by atoms with Gasteiger partial charge in [0.25, 0.3) is 5.91 Å². The molecule has 2 heterocycles. The van der Waals surface area contributed by atoms with Crippen LogP contribution in [0.15, 0.2) is 48.8 Å². The second-order valence-electron chi connectivity index (χ2n) is 5.47. The number of aryl methyl sites for hydroxylation is 1. The van der Waals surface area contributed by atoms with E-state index in [1.807, 2.05) is 36.7 Å². The lowest BCUT2D eigenvalue weighted by atomic mass is 10.1. The van der Waals surface area contributed by atoms with Crippen LogP contribution in [0.1, 0.15) is 34.8 Å². The molecule has 0 bridgehead atoms. The number of anilines is 1. The van der Waals surface area contributed by atoms with Crippen LogP contribution in [-0.2, 0) is 0 Å². The van der Waals surface area contributed by atoms with E-state index in [4.69, 9.17) is 5.73 Å². The van der Waals surface area contributed by atoms with E-state index in [-0.39, 0.29) is 11.7 Å². The summed E-state index contributed by atoms with van der Waals surface area (Å²) in [7, 11) is 0. The van der Waals surface area contributed by atoms with Crippen molar-refractivity contribution in [2.45, 2.75) is 19.9 Å². The van der Waals surface area contributed by atoms with Crippen LogP contribution in [0.3, 0.4) is 0 Å². The predicted molar refractivity (Wildman–Crippen MR) is 90.9 cm³/mol. The van der Waals surface area contributed by atoms with Crippen LogP contribution < -0.4 is 11.1 Å². The fourth-order valence-corrected chi connectivity index (χ4v) is 2.42. The number of nitrogens with one attached hydrogen (secondary N) is 1. The number of carbonyl (C=O) groups is 1. The largest absolute Gasteiger partial charge is 0.364 e. The molecule has 1 aromatic carbocycles. The highest BCUT2D eigenvalue weighted by Crippen LogP contribution is 2.20. The summed E-state index contributed by atoms with van der Waals surface area (Å²) in [5.74, 6) is 0.938. The predicted octanol–water partition coefficient (Wildman–Crippen LogP) is 2.24. The van der Waals surface area contributed by atoms with Gasteiger partial charge in [0.15, 0.2) is 5.69 Å². The van der Waals surface area contributed by atoms with Gasteiger partial charge >= 0.3 is 0 Å². The molecule has 0 unspecified atom stereocenters. The molecule has 3 aromatic rings. The van der Waals surface area contributed by atoms with Crippen LogP contribution in [0.5, 0.6) is 0 Å². The van der Waals surface area contributed by atoms with Gasteiger partial charge in [0, 0.05) is 18.1 Å². The first-order valence-corrected chi connectivity index (χ1v) is 7.55. The maximum Gasteiger partial charge on any atom is 0.269 e. The lowest BCUT2D eigenvalue weighted by Gasteiger charge is -2.15. The number of hydrogen-bond donors (Lipinski definition) is 2. The molecule has 1 amide bonds. The lowest BCUT2D eigenvalue weighted by Crippen LogP contribution is -2.15. The van der Waals surface area contributed by atoms with Gasteiger partial charge in [-0.1, -0.05) is 12.1 Å². The third-order valence-corrected chi connectivity index (χ3v) is 3.78. The third kappa shape index (κ3) is 3.24. The van der Waals surface area contributed by atoms with Crippen LogP contribution in [0.25, 0.3) is 5.69 Å². The number of nitrogens with zero attached hydrogens (tertiary/aromatic N) is 4. The minimum absolute atomic E-state index is 0.0386. The first-order chi connectivity index (χ1) is 11.5. The third-order valence-electron chi connectivity index (χ3n) is 3.78. The Morgan fingerprint density at radius 2 is 1.92 bits per heavy atom. The highest BCUT2D eigenvalue weighted by Gasteiger charge is 2.09. The number of imidazole rings is 1. The second kappa shape index (κ2) is 6.49. The topological polar surface area (TPSA) is 98.7 Å². The molecule has 3 rings (SSSR count). The van der Waals surface area contributed by atoms with Gasteiger partial charge in [-0.3, -0.25) is 4.79 Å². The molecule has 0 radical (unpaired) electrons. The number of rotatable bonds is 5. The van der Waals surface area contributed by atoms with Crippen LogP contribution in [0, 0.1) is 6.92 Å². The number of hydrogen-bond acceptors (Lipinski definition) is 5. The maximum absolute atomic E-state index is 11.0. The summed E-state index contributed by atoms with van der Waals surface area (Å²) >= 11 is 0. The highest BCUT2D eigenvalue weighted by atomic mass is 16.1. The van der Waals surface area contributed by atoms with Gasteiger partial charge in [-0.15, -0.1) is 10.2 Å². The van der Waals surface area contributed by atoms with Crippen molar-refractivity contribution in [2.75, 3.05) is 5.32 Å². The molecule has 0 aliphatic heterocycles. The number of primary amides is 1. The first kappa shape index (κ1) is 15.7. The van der Waals surface area contributed by atoms with Gasteiger partial charge in [-0.05, 0) is 43.7 Å². The van der Waals surface area contributed by atoms with E-state index < -0.39 is 5.91 Å². The molecule has 0 saturated carbocycles. The Morgan fingerprint density at radius 1 is 1.17 bits per heavy atom. The van der Waals surface area contributed by atoms with Crippen molar-refractivity contribution in [2.24, 2.45) is 5.73 Å². The van der Waals surface area contributed by atoms with Crippen molar-refractivity contribution >= 4 is 11.7 Å². The summed E-state index contributed by atoms with van der Waals surface area (Å²) < 4.78 is 2.02. The van der Waals surface area contributed by atoms with Crippen molar-refractivity contribution in [3.05, 3.63) is 65.9 Å². The zero-order valence-corrected chi connectivity index (χ0v) is 13.5. The Bertz CT molecular complexity index is 838. The molecule has 1 atom stereocenters.